The second-order valence-electron chi connectivity index (χ2n) is 4.73. The molecule has 5 nitrogen and oxygen atoms in total. The number of nitrogens with zero attached hydrogens (tertiary/aromatic N) is 2. The minimum atomic E-state index is -0.0552. The maximum absolute atomic E-state index is 11.8. The molecular weight excluding hydrogens is 240 g/mol. The summed E-state index contributed by atoms with van der Waals surface area (Å²) in [6, 6.07) is 3.62. The summed E-state index contributed by atoms with van der Waals surface area (Å²) in [7, 11) is 4.10. The summed E-state index contributed by atoms with van der Waals surface area (Å²) in [5.74, 6) is 0.741. The largest absolute Gasteiger partial charge is 0.370 e. The van der Waals surface area contributed by atoms with Crippen molar-refractivity contribution < 1.29 is 4.79 Å². The first kappa shape index (κ1) is 15.4. The predicted molar refractivity (Wildman–Crippen MR) is 78.5 cm³/mol. The second kappa shape index (κ2) is 8.48. The van der Waals surface area contributed by atoms with Gasteiger partial charge >= 0.3 is 0 Å². The smallest absolute Gasteiger partial charge is 0.252 e. The zero-order valence-corrected chi connectivity index (χ0v) is 12.1. The van der Waals surface area contributed by atoms with Crippen molar-refractivity contribution in [2.45, 2.75) is 19.8 Å². The number of pyridine rings is 1. The highest BCUT2D eigenvalue weighted by Crippen LogP contribution is 2.04. The molecule has 5 heteroatoms. The van der Waals surface area contributed by atoms with Crippen LogP contribution in [0.3, 0.4) is 0 Å². The van der Waals surface area contributed by atoms with E-state index in [0.29, 0.717) is 12.1 Å². The Morgan fingerprint density at radius 1 is 1.32 bits per heavy atom. The molecule has 19 heavy (non-hydrogen) atoms. The minimum Gasteiger partial charge on any atom is -0.370 e. The summed E-state index contributed by atoms with van der Waals surface area (Å²) in [5, 5.41) is 6.00. The highest BCUT2D eigenvalue weighted by Gasteiger charge is 2.05. The van der Waals surface area contributed by atoms with Crippen LogP contribution in [0.4, 0.5) is 5.82 Å². The van der Waals surface area contributed by atoms with E-state index in [0.717, 1.165) is 31.7 Å². The van der Waals surface area contributed by atoms with Crippen molar-refractivity contribution in [3.63, 3.8) is 0 Å². The molecule has 1 aromatic rings. The first-order valence-corrected chi connectivity index (χ1v) is 6.76. The lowest BCUT2D eigenvalue weighted by Crippen LogP contribution is -2.25. The molecule has 0 aromatic carbocycles. The summed E-state index contributed by atoms with van der Waals surface area (Å²) >= 11 is 0. The van der Waals surface area contributed by atoms with Gasteiger partial charge in [-0.1, -0.05) is 0 Å². The Labute approximate surface area is 115 Å². The van der Waals surface area contributed by atoms with Gasteiger partial charge in [-0.2, -0.15) is 0 Å². The van der Waals surface area contributed by atoms with Crippen LogP contribution in [0.2, 0.25) is 0 Å². The quantitative estimate of drug-likeness (QED) is 0.700. The number of amides is 1. The molecule has 0 spiro atoms. The fourth-order valence-corrected chi connectivity index (χ4v) is 1.67. The molecular formula is C14H24N4O. The number of unbranched alkanes of at least 4 members (excludes halogenated alkanes) is 1. The number of hydrogen-bond donors (Lipinski definition) is 2. The fourth-order valence-electron chi connectivity index (χ4n) is 1.67. The first-order chi connectivity index (χ1) is 9.13. The van der Waals surface area contributed by atoms with Gasteiger partial charge in [0.1, 0.15) is 5.82 Å². The third kappa shape index (κ3) is 6.20. The number of hydrogen-bond acceptors (Lipinski definition) is 4. The van der Waals surface area contributed by atoms with Crippen LogP contribution in [-0.4, -0.2) is 49.5 Å². The fraction of sp³-hybridized carbons (Fsp3) is 0.571. The molecule has 0 aliphatic rings. The lowest BCUT2D eigenvalue weighted by molar-refractivity contribution is 0.0952. The molecule has 0 radical (unpaired) electrons. The van der Waals surface area contributed by atoms with Crippen LogP contribution in [0.25, 0.3) is 0 Å². The van der Waals surface area contributed by atoms with E-state index in [1.165, 1.54) is 0 Å². The van der Waals surface area contributed by atoms with Crippen LogP contribution >= 0.6 is 0 Å². The van der Waals surface area contributed by atoms with Gasteiger partial charge in [0.05, 0.1) is 5.56 Å². The van der Waals surface area contributed by atoms with Gasteiger partial charge in [0.15, 0.2) is 0 Å². The maximum atomic E-state index is 11.8. The van der Waals surface area contributed by atoms with Crippen molar-refractivity contribution in [3.05, 3.63) is 23.9 Å². The van der Waals surface area contributed by atoms with Gasteiger partial charge in [-0.05, 0) is 52.5 Å². The molecule has 106 valence electrons. The van der Waals surface area contributed by atoms with E-state index in [9.17, 15) is 4.79 Å². The summed E-state index contributed by atoms with van der Waals surface area (Å²) < 4.78 is 0. The van der Waals surface area contributed by atoms with Crippen LogP contribution in [0.5, 0.6) is 0 Å². The van der Waals surface area contributed by atoms with Crippen LogP contribution in [0.15, 0.2) is 18.3 Å². The Balaban J connectivity index is 2.29. The zero-order valence-electron chi connectivity index (χ0n) is 12.1. The third-order valence-corrected chi connectivity index (χ3v) is 2.70. The average molecular weight is 264 g/mol. The normalized spacial score (nSPS) is 10.5. The summed E-state index contributed by atoms with van der Waals surface area (Å²) in [6.07, 6.45) is 3.69. The topological polar surface area (TPSA) is 57.3 Å². The molecule has 0 saturated heterocycles. The van der Waals surface area contributed by atoms with Crippen molar-refractivity contribution in [3.8, 4) is 0 Å². The molecule has 1 aromatic heterocycles. The highest BCUT2D eigenvalue weighted by atomic mass is 16.1. The van der Waals surface area contributed by atoms with Gasteiger partial charge in [0, 0.05) is 19.3 Å². The molecule has 0 aliphatic carbocycles. The van der Waals surface area contributed by atoms with Gasteiger partial charge in [-0.15, -0.1) is 0 Å². The van der Waals surface area contributed by atoms with Crippen molar-refractivity contribution in [1.29, 1.82) is 0 Å². The van der Waals surface area contributed by atoms with Gasteiger partial charge in [0.25, 0.3) is 5.91 Å². The lowest BCUT2D eigenvalue weighted by Gasteiger charge is -2.09. The van der Waals surface area contributed by atoms with Crippen LogP contribution in [-0.2, 0) is 0 Å². The molecule has 2 N–H and O–H groups in total. The summed E-state index contributed by atoms with van der Waals surface area (Å²) in [6.45, 7) is 4.59. The number of rotatable bonds is 8. The Hall–Kier alpha value is -1.62. The van der Waals surface area contributed by atoms with E-state index in [1.54, 1.807) is 12.3 Å². The lowest BCUT2D eigenvalue weighted by atomic mass is 10.2. The average Bonchev–Trinajstić information content (AvgIpc) is 2.39. The molecule has 0 fully saturated rings. The van der Waals surface area contributed by atoms with Crippen LogP contribution in [0, 0.1) is 0 Å². The number of anilines is 1. The molecule has 0 atom stereocenters. The number of carbonyl (C=O) groups is 1. The predicted octanol–water partition coefficient (Wildman–Crippen LogP) is 1.58. The summed E-state index contributed by atoms with van der Waals surface area (Å²) in [4.78, 5) is 18.2. The third-order valence-electron chi connectivity index (χ3n) is 2.70. The molecule has 0 aliphatic heterocycles. The Kier molecular flexibility index (Phi) is 6.89. The van der Waals surface area contributed by atoms with Crippen LogP contribution in [0.1, 0.15) is 30.1 Å². The van der Waals surface area contributed by atoms with Crippen molar-refractivity contribution in [2.24, 2.45) is 0 Å². The summed E-state index contributed by atoms with van der Waals surface area (Å²) in [5.41, 5.74) is 0.606. The Morgan fingerprint density at radius 2 is 2.11 bits per heavy atom. The Morgan fingerprint density at radius 3 is 2.68 bits per heavy atom. The van der Waals surface area contributed by atoms with Crippen molar-refractivity contribution in [1.82, 2.24) is 15.2 Å². The monoisotopic (exact) mass is 264 g/mol. The number of aromatic nitrogens is 1. The van der Waals surface area contributed by atoms with E-state index < -0.39 is 0 Å². The van der Waals surface area contributed by atoms with Gasteiger partial charge in [-0.3, -0.25) is 4.79 Å². The minimum absolute atomic E-state index is 0.0552. The molecule has 0 bridgehead atoms. The van der Waals surface area contributed by atoms with Gasteiger partial charge < -0.3 is 15.5 Å². The zero-order chi connectivity index (χ0) is 14.1. The molecule has 1 heterocycles. The first-order valence-electron chi connectivity index (χ1n) is 6.76. The molecule has 1 rings (SSSR count). The van der Waals surface area contributed by atoms with E-state index in [2.05, 4.69) is 34.6 Å². The molecule has 1 amide bonds. The second-order valence-corrected chi connectivity index (χ2v) is 4.73. The molecule has 0 unspecified atom stereocenters. The van der Waals surface area contributed by atoms with Crippen LogP contribution < -0.4 is 10.6 Å². The van der Waals surface area contributed by atoms with Crippen molar-refractivity contribution >= 4 is 11.7 Å². The van der Waals surface area contributed by atoms with E-state index in [1.807, 2.05) is 13.0 Å². The number of carbonyl (C=O) groups excluding carboxylic acids is 1. The SMILES string of the molecule is CCNc1ccc(C(=O)NCCCCN(C)C)cn1. The van der Waals surface area contributed by atoms with Gasteiger partial charge in [0.2, 0.25) is 0 Å². The molecule has 0 saturated carbocycles. The number of nitrogens with one attached hydrogen (secondary N) is 2. The van der Waals surface area contributed by atoms with E-state index >= 15 is 0 Å². The highest BCUT2D eigenvalue weighted by molar-refractivity contribution is 5.93. The maximum Gasteiger partial charge on any atom is 0.252 e. The Bertz CT molecular complexity index is 376. The van der Waals surface area contributed by atoms with Gasteiger partial charge in [-0.25, -0.2) is 4.98 Å². The van der Waals surface area contributed by atoms with E-state index in [4.69, 9.17) is 0 Å². The van der Waals surface area contributed by atoms with Crippen molar-refractivity contribution in [2.75, 3.05) is 39.0 Å². The van der Waals surface area contributed by atoms with E-state index in [-0.39, 0.29) is 5.91 Å². The standard InChI is InChI=1S/C14H24N4O/c1-4-15-13-8-7-12(11-17-13)14(19)16-9-5-6-10-18(2)3/h7-8,11H,4-6,9-10H2,1-3H3,(H,15,17)(H,16,19).